The highest BCUT2D eigenvalue weighted by molar-refractivity contribution is 5.82. The number of rotatable bonds is 5. The Morgan fingerprint density at radius 2 is 2.31 bits per heavy atom. The van der Waals surface area contributed by atoms with Gasteiger partial charge in [0.05, 0.1) is 0 Å². The first-order valence-corrected chi connectivity index (χ1v) is 4.90. The largest absolute Gasteiger partial charge is 0.409 e. The molecule has 4 heteroatoms. The van der Waals surface area contributed by atoms with Crippen LogP contribution in [0.2, 0.25) is 0 Å². The third kappa shape index (κ3) is 2.88. The molecule has 3 N–H and O–H groups in total. The summed E-state index contributed by atoms with van der Waals surface area (Å²) < 4.78 is 0. The summed E-state index contributed by atoms with van der Waals surface area (Å²) in [5.74, 6) is 0.477. The van der Waals surface area contributed by atoms with Crippen molar-refractivity contribution < 1.29 is 5.21 Å². The summed E-state index contributed by atoms with van der Waals surface area (Å²) in [5.41, 5.74) is 5.51. The lowest BCUT2D eigenvalue weighted by Gasteiger charge is -2.23. The third-order valence-corrected chi connectivity index (χ3v) is 2.60. The molecule has 1 atom stereocenters. The molecule has 0 spiro atoms. The van der Waals surface area contributed by atoms with Gasteiger partial charge in [-0.3, -0.25) is 4.90 Å². The molecule has 0 saturated heterocycles. The second-order valence-electron chi connectivity index (χ2n) is 3.74. The molecule has 76 valence electrons. The monoisotopic (exact) mass is 185 g/mol. The van der Waals surface area contributed by atoms with Crippen molar-refractivity contribution in [2.45, 2.75) is 32.7 Å². The Morgan fingerprint density at radius 1 is 1.69 bits per heavy atom. The van der Waals surface area contributed by atoms with E-state index in [0.29, 0.717) is 5.84 Å². The first-order valence-electron chi connectivity index (χ1n) is 4.90. The van der Waals surface area contributed by atoms with Crippen LogP contribution in [0.3, 0.4) is 0 Å². The molecule has 1 aliphatic rings. The fraction of sp³-hybridized carbons (Fsp3) is 0.889. The van der Waals surface area contributed by atoms with E-state index in [0.717, 1.165) is 19.1 Å². The fourth-order valence-electron chi connectivity index (χ4n) is 1.52. The predicted octanol–water partition coefficient (Wildman–Crippen LogP) is 0.853. The lowest BCUT2D eigenvalue weighted by Crippen LogP contribution is -2.36. The molecule has 1 saturated carbocycles. The molecule has 0 aromatic rings. The van der Waals surface area contributed by atoms with Gasteiger partial charge in [0.2, 0.25) is 0 Å². The Balaban J connectivity index is 2.36. The van der Waals surface area contributed by atoms with E-state index in [2.05, 4.69) is 17.0 Å². The van der Waals surface area contributed by atoms with Crippen LogP contribution in [0.5, 0.6) is 0 Å². The highest BCUT2D eigenvalue weighted by Gasteiger charge is 2.29. The van der Waals surface area contributed by atoms with E-state index in [1.165, 1.54) is 12.8 Å². The van der Waals surface area contributed by atoms with Gasteiger partial charge in [-0.2, -0.15) is 0 Å². The first kappa shape index (κ1) is 10.3. The van der Waals surface area contributed by atoms with Crippen LogP contribution in [0.1, 0.15) is 26.7 Å². The molecule has 13 heavy (non-hydrogen) atoms. The first-order chi connectivity index (χ1) is 6.19. The molecular weight excluding hydrogens is 166 g/mol. The average molecular weight is 185 g/mol. The van der Waals surface area contributed by atoms with Crippen LogP contribution in [0.4, 0.5) is 0 Å². The van der Waals surface area contributed by atoms with Gasteiger partial charge in [0, 0.05) is 18.5 Å². The number of nitrogens with two attached hydrogens (primary N) is 1. The summed E-state index contributed by atoms with van der Waals surface area (Å²) in [6, 6.07) is 0.749. The van der Waals surface area contributed by atoms with Gasteiger partial charge in [-0.25, -0.2) is 0 Å². The topological polar surface area (TPSA) is 61.8 Å². The van der Waals surface area contributed by atoms with Gasteiger partial charge in [0.15, 0.2) is 0 Å². The van der Waals surface area contributed by atoms with Gasteiger partial charge in [-0.05, 0) is 19.4 Å². The van der Waals surface area contributed by atoms with Crippen LogP contribution in [0.15, 0.2) is 5.16 Å². The van der Waals surface area contributed by atoms with Crippen LogP contribution in [-0.4, -0.2) is 35.1 Å². The molecule has 0 bridgehead atoms. The van der Waals surface area contributed by atoms with Crippen molar-refractivity contribution in [1.29, 1.82) is 0 Å². The van der Waals surface area contributed by atoms with Crippen molar-refractivity contribution in [2.75, 3.05) is 13.1 Å². The molecule has 1 rings (SSSR count). The Kier molecular flexibility index (Phi) is 3.54. The molecule has 0 heterocycles. The van der Waals surface area contributed by atoms with Crippen molar-refractivity contribution in [3.8, 4) is 0 Å². The zero-order chi connectivity index (χ0) is 9.84. The van der Waals surface area contributed by atoms with Gasteiger partial charge in [-0.15, -0.1) is 0 Å². The second-order valence-corrected chi connectivity index (χ2v) is 3.74. The number of amidine groups is 1. The molecule has 0 aromatic carbocycles. The minimum atomic E-state index is 0.144. The van der Waals surface area contributed by atoms with Crippen LogP contribution in [0, 0.1) is 5.92 Å². The SMILES string of the molecule is CCN(CC(C)/C(N)=N/O)C1CC1. The molecule has 0 amide bonds. The van der Waals surface area contributed by atoms with E-state index >= 15 is 0 Å². The number of nitrogens with zero attached hydrogens (tertiary/aromatic N) is 2. The van der Waals surface area contributed by atoms with Crippen molar-refractivity contribution in [1.82, 2.24) is 4.90 Å². The number of oxime groups is 1. The molecule has 0 aromatic heterocycles. The zero-order valence-corrected chi connectivity index (χ0v) is 8.40. The normalized spacial score (nSPS) is 20.7. The van der Waals surface area contributed by atoms with Crippen molar-refractivity contribution >= 4 is 5.84 Å². The minimum absolute atomic E-state index is 0.144. The fourth-order valence-corrected chi connectivity index (χ4v) is 1.52. The number of hydrogen-bond donors (Lipinski definition) is 2. The van der Waals surface area contributed by atoms with Crippen LogP contribution in [-0.2, 0) is 0 Å². The summed E-state index contributed by atoms with van der Waals surface area (Å²) in [7, 11) is 0. The molecule has 0 aliphatic heterocycles. The Morgan fingerprint density at radius 3 is 2.69 bits per heavy atom. The molecular formula is C9H19N3O. The van der Waals surface area contributed by atoms with E-state index in [9.17, 15) is 0 Å². The quantitative estimate of drug-likeness (QED) is 0.289. The molecule has 1 fully saturated rings. The second kappa shape index (κ2) is 4.46. The average Bonchev–Trinajstić information content (AvgIpc) is 2.95. The van der Waals surface area contributed by atoms with Crippen LogP contribution < -0.4 is 5.73 Å². The highest BCUT2D eigenvalue weighted by Crippen LogP contribution is 2.27. The van der Waals surface area contributed by atoms with Gasteiger partial charge >= 0.3 is 0 Å². The maximum absolute atomic E-state index is 8.49. The molecule has 1 aliphatic carbocycles. The summed E-state index contributed by atoms with van der Waals surface area (Å²) >= 11 is 0. The third-order valence-electron chi connectivity index (χ3n) is 2.60. The van der Waals surface area contributed by atoms with Crippen molar-refractivity contribution in [2.24, 2.45) is 16.8 Å². The zero-order valence-electron chi connectivity index (χ0n) is 8.40. The van der Waals surface area contributed by atoms with Crippen molar-refractivity contribution in [3.63, 3.8) is 0 Å². The van der Waals surface area contributed by atoms with Crippen molar-refractivity contribution in [3.05, 3.63) is 0 Å². The Hall–Kier alpha value is -0.770. The summed E-state index contributed by atoms with van der Waals surface area (Å²) in [6.45, 7) is 6.09. The van der Waals surface area contributed by atoms with Gasteiger partial charge < -0.3 is 10.9 Å². The lowest BCUT2D eigenvalue weighted by atomic mass is 10.1. The minimum Gasteiger partial charge on any atom is -0.409 e. The number of hydrogen-bond acceptors (Lipinski definition) is 3. The maximum atomic E-state index is 8.49. The summed E-state index contributed by atoms with van der Waals surface area (Å²) in [4.78, 5) is 2.39. The van der Waals surface area contributed by atoms with Gasteiger partial charge in [0.25, 0.3) is 0 Å². The van der Waals surface area contributed by atoms with E-state index in [1.54, 1.807) is 0 Å². The summed E-state index contributed by atoms with van der Waals surface area (Å²) in [5, 5.41) is 11.5. The molecule has 0 radical (unpaired) electrons. The molecule has 4 nitrogen and oxygen atoms in total. The maximum Gasteiger partial charge on any atom is 0.143 e. The predicted molar refractivity (Wildman–Crippen MR) is 52.8 cm³/mol. The molecule has 1 unspecified atom stereocenters. The van der Waals surface area contributed by atoms with E-state index in [1.807, 2.05) is 6.92 Å². The van der Waals surface area contributed by atoms with Crippen LogP contribution >= 0.6 is 0 Å². The Labute approximate surface area is 79.4 Å². The summed E-state index contributed by atoms with van der Waals surface area (Å²) in [6.07, 6.45) is 2.60. The smallest absolute Gasteiger partial charge is 0.143 e. The Bertz CT molecular complexity index is 189. The highest BCUT2D eigenvalue weighted by atomic mass is 16.4. The van der Waals surface area contributed by atoms with Gasteiger partial charge in [-0.1, -0.05) is 19.0 Å². The van der Waals surface area contributed by atoms with Gasteiger partial charge in [0.1, 0.15) is 5.84 Å². The van der Waals surface area contributed by atoms with Crippen LogP contribution in [0.25, 0.3) is 0 Å². The van der Waals surface area contributed by atoms with E-state index in [-0.39, 0.29) is 5.92 Å². The standard InChI is InChI=1S/C9H19N3O/c1-3-12(8-4-5-8)6-7(2)9(10)11-13/h7-8,13H,3-6H2,1-2H3,(H2,10,11). The van der Waals surface area contributed by atoms with E-state index in [4.69, 9.17) is 10.9 Å². The van der Waals surface area contributed by atoms with E-state index < -0.39 is 0 Å². The lowest BCUT2D eigenvalue weighted by molar-refractivity contribution is 0.256.